The maximum atomic E-state index is 12.9. The number of nitrogens with zero attached hydrogens (tertiary/aromatic N) is 4. The van der Waals surface area contributed by atoms with Crippen LogP contribution in [0.5, 0.6) is 0 Å². The number of fused-ring (bicyclic) bond motifs is 1. The molecule has 2 aromatic heterocycles. The molecule has 0 bridgehead atoms. The molecule has 0 aliphatic carbocycles. The second-order valence-corrected chi connectivity index (χ2v) is 7.97. The number of para-hydroxylation sites is 1. The topological polar surface area (TPSA) is 75.6 Å². The van der Waals surface area contributed by atoms with Gasteiger partial charge in [-0.15, -0.1) is 0 Å². The number of hydrogen-bond donors (Lipinski definition) is 0. The number of benzene rings is 2. The number of hydrogen-bond acceptors (Lipinski definition) is 6. The number of aromatic nitrogens is 2. The summed E-state index contributed by atoms with van der Waals surface area (Å²) in [5.41, 5.74) is 2.86. The summed E-state index contributed by atoms with van der Waals surface area (Å²) >= 11 is 0. The Hall–Kier alpha value is -3.45. The Labute approximate surface area is 180 Å². The summed E-state index contributed by atoms with van der Waals surface area (Å²) in [6, 6.07) is 17.5. The van der Waals surface area contributed by atoms with E-state index in [-0.39, 0.29) is 11.9 Å². The van der Waals surface area contributed by atoms with E-state index in [0.717, 1.165) is 29.6 Å². The fourth-order valence-corrected chi connectivity index (χ4v) is 3.94. The molecule has 0 spiro atoms. The van der Waals surface area contributed by atoms with Crippen molar-refractivity contribution < 1.29 is 13.7 Å². The zero-order valence-electron chi connectivity index (χ0n) is 17.6. The average Bonchev–Trinajstić information content (AvgIpc) is 3.46. The van der Waals surface area contributed by atoms with Crippen LogP contribution in [0.1, 0.15) is 35.0 Å². The van der Waals surface area contributed by atoms with Gasteiger partial charge in [0.15, 0.2) is 5.76 Å². The Morgan fingerprint density at radius 2 is 1.77 bits per heavy atom. The molecular formula is C24H24N4O3. The Morgan fingerprint density at radius 3 is 2.52 bits per heavy atom. The Bertz CT molecular complexity index is 1170. The number of furan rings is 1. The molecule has 0 radical (unpaired) electrons. The summed E-state index contributed by atoms with van der Waals surface area (Å²) in [4.78, 5) is 21.6. The highest BCUT2D eigenvalue weighted by Gasteiger charge is 2.29. The van der Waals surface area contributed by atoms with Gasteiger partial charge in [-0.1, -0.05) is 53.2 Å². The molecule has 2 aromatic carbocycles. The summed E-state index contributed by atoms with van der Waals surface area (Å²) in [5.74, 6) is 1.51. The summed E-state index contributed by atoms with van der Waals surface area (Å²) in [5, 5.41) is 5.09. The molecule has 3 heterocycles. The molecular weight excluding hydrogens is 392 g/mol. The number of aryl methyl sites for hydroxylation is 1. The van der Waals surface area contributed by atoms with Crippen molar-refractivity contribution in [1.82, 2.24) is 19.9 Å². The maximum absolute atomic E-state index is 12.9. The molecule has 1 fully saturated rings. The van der Waals surface area contributed by atoms with Crippen LogP contribution in [0.15, 0.2) is 63.5 Å². The highest BCUT2D eigenvalue weighted by molar-refractivity contribution is 5.96. The van der Waals surface area contributed by atoms with E-state index >= 15 is 0 Å². The molecule has 0 N–H and O–H groups in total. The third-order valence-corrected chi connectivity index (χ3v) is 5.89. The van der Waals surface area contributed by atoms with Gasteiger partial charge in [0.1, 0.15) is 5.58 Å². The van der Waals surface area contributed by atoms with Crippen LogP contribution in [0.25, 0.3) is 22.4 Å². The van der Waals surface area contributed by atoms with Crippen LogP contribution < -0.4 is 0 Å². The van der Waals surface area contributed by atoms with Gasteiger partial charge in [0.25, 0.3) is 5.91 Å². The molecule has 1 saturated heterocycles. The van der Waals surface area contributed by atoms with Crippen LogP contribution in [-0.4, -0.2) is 52.0 Å². The van der Waals surface area contributed by atoms with Crippen molar-refractivity contribution in [2.45, 2.75) is 19.9 Å². The number of carbonyl (C=O) groups excluding carboxylic acids is 1. The quantitative estimate of drug-likeness (QED) is 0.493. The van der Waals surface area contributed by atoms with Gasteiger partial charge in [-0.05, 0) is 26.0 Å². The zero-order valence-corrected chi connectivity index (χ0v) is 17.6. The lowest BCUT2D eigenvalue weighted by atomic mass is 10.1. The third-order valence-electron chi connectivity index (χ3n) is 5.89. The zero-order chi connectivity index (χ0) is 21.4. The fraction of sp³-hybridized carbons (Fsp3) is 0.292. The standard InChI is InChI=1S/C24H24N4O3/c1-16-7-9-18(10-8-16)22-25-23(31-26-22)17(2)27-11-13-28(14-12-27)24(29)21-15-19-5-3-4-6-20(19)30-21/h3-10,15,17H,11-14H2,1-2H3. The molecule has 4 aromatic rings. The predicted octanol–water partition coefficient (Wildman–Crippen LogP) is 4.31. The largest absolute Gasteiger partial charge is 0.451 e. The van der Waals surface area contributed by atoms with Crippen LogP contribution in [0.2, 0.25) is 0 Å². The number of amides is 1. The summed E-state index contributed by atoms with van der Waals surface area (Å²) in [6.45, 7) is 6.82. The van der Waals surface area contributed by atoms with Gasteiger partial charge < -0.3 is 13.8 Å². The lowest BCUT2D eigenvalue weighted by Gasteiger charge is -2.36. The van der Waals surface area contributed by atoms with E-state index in [1.807, 2.05) is 66.4 Å². The summed E-state index contributed by atoms with van der Waals surface area (Å²) < 4.78 is 11.3. The van der Waals surface area contributed by atoms with Crippen LogP contribution in [-0.2, 0) is 0 Å². The molecule has 1 amide bonds. The molecule has 5 rings (SSSR count). The van der Waals surface area contributed by atoms with Gasteiger partial charge in [0, 0.05) is 37.1 Å². The van der Waals surface area contributed by atoms with Gasteiger partial charge in [0.2, 0.25) is 11.7 Å². The molecule has 1 unspecified atom stereocenters. The Kier molecular flexibility index (Phi) is 5.03. The van der Waals surface area contributed by atoms with Gasteiger partial charge in [-0.3, -0.25) is 9.69 Å². The van der Waals surface area contributed by atoms with Crippen molar-refractivity contribution in [3.05, 3.63) is 71.8 Å². The normalized spacial score (nSPS) is 16.0. The van der Waals surface area contributed by atoms with Crippen molar-refractivity contribution in [2.75, 3.05) is 26.2 Å². The smallest absolute Gasteiger partial charge is 0.289 e. The molecule has 158 valence electrons. The van der Waals surface area contributed by atoms with Crippen LogP contribution in [0.3, 0.4) is 0 Å². The predicted molar refractivity (Wildman–Crippen MR) is 117 cm³/mol. The van der Waals surface area contributed by atoms with Crippen molar-refractivity contribution in [3.63, 3.8) is 0 Å². The molecule has 1 aliphatic rings. The summed E-state index contributed by atoms with van der Waals surface area (Å²) in [7, 11) is 0. The van der Waals surface area contributed by atoms with Crippen molar-refractivity contribution in [2.24, 2.45) is 0 Å². The Morgan fingerprint density at radius 1 is 1.03 bits per heavy atom. The molecule has 31 heavy (non-hydrogen) atoms. The monoisotopic (exact) mass is 416 g/mol. The highest BCUT2D eigenvalue weighted by Crippen LogP contribution is 2.25. The average molecular weight is 416 g/mol. The van der Waals surface area contributed by atoms with E-state index < -0.39 is 0 Å². The fourth-order valence-electron chi connectivity index (χ4n) is 3.94. The minimum atomic E-state index is -0.0667. The molecule has 1 aliphatic heterocycles. The van der Waals surface area contributed by atoms with E-state index in [4.69, 9.17) is 8.94 Å². The first kappa shape index (κ1) is 19.5. The van der Waals surface area contributed by atoms with Crippen LogP contribution >= 0.6 is 0 Å². The van der Waals surface area contributed by atoms with Crippen molar-refractivity contribution >= 4 is 16.9 Å². The first-order chi connectivity index (χ1) is 15.1. The van der Waals surface area contributed by atoms with Gasteiger partial charge in [-0.25, -0.2) is 0 Å². The van der Waals surface area contributed by atoms with E-state index in [1.165, 1.54) is 5.56 Å². The summed E-state index contributed by atoms with van der Waals surface area (Å²) in [6.07, 6.45) is 0. The maximum Gasteiger partial charge on any atom is 0.289 e. The number of carbonyl (C=O) groups is 1. The lowest BCUT2D eigenvalue weighted by Crippen LogP contribution is -2.49. The van der Waals surface area contributed by atoms with Gasteiger partial charge in [-0.2, -0.15) is 4.98 Å². The first-order valence-electron chi connectivity index (χ1n) is 10.5. The van der Waals surface area contributed by atoms with Crippen LogP contribution in [0.4, 0.5) is 0 Å². The van der Waals surface area contributed by atoms with Gasteiger partial charge in [0.05, 0.1) is 6.04 Å². The van der Waals surface area contributed by atoms with E-state index in [2.05, 4.69) is 22.0 Å². The lowest BCUT2D eigenvalue weighted by molar-refractivity contribution is 0.0526. The third kappa shape index (κ3) is 3.84. The van der Waals surface area contributed by atoms with E-state index in [9.17, 15) is 4.79 Å². The van der Waals surface area contributed by atoms with Crippen molar-refractivity contribution in [1.29, 1.82) is 0 Å². The minimum Gasteiger partial charge on any atom is -0.451 e. The van der Waals surface area contributed by atoms with Gasteiger partial charge >= 0.3 is 0 Å². The molecule has 0 saturated carbocycles. The number of rotatable bonds is 4. The Balaban J connectivity index is 1.23. The SMILES string of the molecule is Cc1ccc(-c2noc(C(C)N3CCN(C(=O)c4cc5ccccc5o4)CC3)n2)cc1. The van der Waals surface area contributed by atoms with E-state index in [0.29, 0.717) is 30.6 Å². The molecule has 7 nitrogen and oxygen atoms in total. The van der Waals surface area contributed by atoms with Crippen molar-refractivity contribution in [3.8, 4) is 11.4 Å². The van der Waals surface area contributed by atoms with Crippen LogP contribution in [0, 0.1) is 6.92 Å². The molecule has 1 atom stereocenters. The highest BCUT2D eigenvalue weighted by atomic mass is 16.5. The number of piperazine rings is 1. The first-order valence-corrected chi connectivity index (χ1v) is 10.5. The second-order valence-electron chi connectivity index (χ2n) is 7.97. The minimum absolute atomic E-state index is 0.0184. The van der Waals surface area contributed by atoms with E-state index in [1.54, 1.807) is 0 Å². The second kappa shape index (κ2) is 8.00. The molecule has 7 heteroatoms.